The Balaban J connectivity index is 2.77. The summed E-state index contributed by atoms with van der Waals surface area (Å²) in [5.41, 5.74) is -1.83. The number of nitrogens with zero attached hydrogens (tertiary/aromatic N) is 1. The van der Waals surface area contributed by atoms with Crippen LogP contribution in [0.2, 0.25) is 0 Å². The maximum atomic E-state index is 11.7. The molecule has 2 atom stereocenters. The van der Waals surface area contributed by atoms with Crippen molar-refractivity contribution in [1.29, 1.82) is 5.26 Å². The fourth-order valence-electron chi connectivity index (χ4n) is 1.52. The molecule has 15 heavy (non-hydrogen) atoms. The van der Waals surface area contributed by atoms with E-state index in [0.717, 1.165) is 0 Å². The third-order valence-electron chi connectivity index (χ3n) is 2.41. The predicted molar refractivity (Wildman–Crippen MR) is 52.7 cm³/mol. The first-order valence-corrected chi connectivity index (χ1v) is 4.88. The van der Waals surface area contributed by atoms with Crippen LogP contribution in [0.15, 0.2) is 0 Å². The van der Waals surface area contributed by atoms with E-state index < -0.39 is 22.9 Å². The Bertz CT molecular complexity index is 348. The van der Waals surface area contributed by atoms with Crippen molar-refractivity contribution in [3.05, 3.63) is 0 Å². The number of ketones is 1. The molecule has 0 unspecified atom stereocenters. The van der Waals surface area contributed by atoms with Gasteiger partial charge in [0.2, 0.25) is 0 Å². The van der Waals surface area contributed by atoms with Crippen molar-refractivity contribution in [2.24, 2.45) is 11.3 Å². The number of hydrogen-bond acceptors (Lipinski definition) is 4. The Morgan fingerprint density at radius 1 is 1.47 bits per heavy atom. The minimum Gasteiger partial charge on any atom is -0.459 e. The average molecular weight is 209 g/mol. The molecule has 0 N–H and O–H groups in total. The van der Waals surface area contributed by atoms with Gasteiger partial charge in [-0.2, -0.15) is 5.26 Å². The third-order valence-corrected chi connectivity index (χ3v) is 2.41. The normalized spacial score (nSPS) is 29.1. The minimum atomic E-state index is -1.21. The van der Waals surface area contributed by atoms with E-state index in [0.29, 0.717) is 6.42 Å². The summed E-state index contributed by atoms with van der Waals surface area (Å²) in [6.07, 6.45) is 0.299. The van der Waals surface area contributed by atoms with E-state index >= 15 is 0 Å². The highest BCUT2D eigenvalue weighted by Crippen LogP contribution is 2.53. The molecule has 0 amide bonds. The highest BCUT2D eigenvalue weighted by Gasteiger charge is 2.65. The minimum absolute atomic E-state index is 0.123. The van der Waals surface area contributed by atoms with Crippen LogP contribution in [0.5, 0.6) is 0 Å². The zero-order valence-electron chi connectivity index (χ0n) is 9.46. The lowest BCUT2D eigenvalue weighted by molar-refractivity contribution is -0.160. The zero-order valence-corrected chi connectivity index (χ0v) is 9.46. The molecule has 82 valence electrons. The van der Waals surface area contributed by atoms with Crippen molar-refractivity contribution in [2.75, 3.05) is 0 Å². The molecule has 4 heteroatoms. The van der Waals surface area contributed by atoms with E-state index in [-0.39, 0.29) is 5.78 Å². The number of hydrogen-bond donors (Lipinski definition) is 0. The molecule has 0 aromatic heterocycles. The van der Waals surface area contributed by atoms with Crippen LogP contribution in [0.3, 0.4) is 0 Å². The first kappa shape index (κ1) is 11.7. The van der Waals surface area contributed by atoms with Crippen LogP contribution in [0.25, 0.3) is 0 Å². The lowest BCUT2D eigenvalue weighted by Gasteiger charge is -2.21. The molecule has 1 saturated carbocycles. The summed E-state index contributed by atoms with van der Waals surface area (Å²) in [7, 11) is 0. The SMILES string of the molecule is CC(=O)[C@H]1C[C@@]1(C#N)C(=O)OC(C)(C)C. The Labute approximate surface area is 89.2 Å². The van der Waals surface area contributed by atoms with Gasteiger partial charge in [-0.25, -0.2) is 0 Å². The van der Waals surface area contributed by atoms with Gasteiger partial charge in [0.05, 0.1) is 6.07 Å². The molecule has 1 aliphatic rings. The van der Waals surface area contributed by atoms with E-state index in [9.17, 15) is 9.59 Å². The molecule has 1 rings (SSSR count). The Morgan fingerprint density at radius 3 is 2.27 bits per heavy atom. The Hall–Kier alpha value is -1.37. The van der Waals surface area contributed by atoms with Gasteiger partial charge < -0.3 is 4.74 Å². The zero-order chi connectivity index (χ0) is 11.9. The summed E-state index contributed by atoms with van der Waals surface area (Å²) in [6.45, 7) is 6.61. The lowest BCUT2D eigenvalue weighted by atomic mass is 10.0. The molecule has 0 aromatic rings. The second-order valence-electron chi connectivity index (χ2n) is 4.95. The molecule has 0 aliphatic heterocycles. The Kier molecular flexibility index (Phi) is 2.60. The molecule has 0 bridgehead atoms. The standard InChI is InChI=1S/C11H15NO3/c1-7(13)8-5-11(8,6-12)9(14)15-10(2,3)4/h8H,5H2,1-4H3/t8-,11+/m1/s1. The van der Waals surface area contributed by atoms with E-state index in [2.05, 4.69) is 0 Å². The monoisotopic (exact) mass is 209 g/mol. The molecule has 0 spiro atoms. The summed E-state index contributed by atoms with van der Waals surface area (Å²) < 4.78 is 5.12. The van der Waals surface area contributed by atoms with Crippen LogP contribution in [0.4, 0.5) is 0 Å². The molecule has 4 nitrogen and oxygen atoms in total. The second-order valence-corrected chi connectivity index (χ2v) is 4.95. The van der Waals surface area contributed by atoms with Crippen LogP contribution in [0.1, 0.15) is 34.1 Å². The molecular weight excluding hydrogens is 194 g/mol. The predicted octanol–water partition coefficient (Wildman–Crippen LogP) is 1.45. The highest BCUT2D eigenvalue weighted by atomic mass is 16.6. The topological polar surface area (TPSA) is 67.2 Å². The van der Waals surface area contributed by atoms with Crippen molar-refractivity contribution in [2.45, 2.75) is 39.7 Å². The summed E-state index contributed by atoms with van der Waals surface area (Å²) in [5.74, 6) is -1.17. The fraction of sp³-hybridized carbons (Fsp3) is 0.727. The van der Waals surface area contributed by atoms with E-state index in [1.165, 1.54) is 6.92 Å². The molecule has 1 fully saturated rings. The molecule has 0 saturated heterocycles. The maximum absolute atomic E-state index is 11.7. The Morgan fingerprint density at radius 2 is 2.00 bits per heavy atom. The van der Waals surface area contributed by atoms with Gasteiger partial charge in [-0.1, -0.05) is 0 Å². The number of esters is 1. The number of carbonyl (C=O) groups excluding carboxylic acids is 2. The summed E-state index contributed by atoms with van der Waals surface area (Å²) in [4.78, 5) is 22.8. The molecular formula is C11H15NO3. The molecule has 1 aliphatic carbocycles. The third kappa shape index (κ3) is 2.17. The largest absolute Gasteiger partial charge is 0.459 e. The van der Waals surface area contributed by atoms with E-state index in [1.807, 2.05) is 6.07 Å². The van der Waals surface area contributed by atoms with E-state index in [4.69, 9.17) is 10.00 Å². The number of nitriles is 1. The van der Waals surface area contributed by atoms with Crippen LogP contribution in [-0.2, 0) is 14.3 Å². The van der Waals surface area contributed by atoms with Crippen LogP contribution in [0, 0.1) is 22.7 Å². The van der Waals surface area contributed by atoms with Crippen molar-refractivity contribution < 1.29 is 14.3 Å². The first-order valence-electron chi connectivity index (χ1n) is 4.88. The van der Waals surface area contributed by atoms with Gasteiger partial charge >= 0.3 is 5.97 Å². The maximum Gasteiger partial charge on any atom is 0.327 e. The number of rotatable bonds is 2. The van der Waals surface area contributed by atoms with Gasteiger partial charge in [0.15, 0.2) is 5.41 Å². The second kappa shape index (κ2) is 3.34. The number of ether oxygens (including phenoxy) is 1. The van der Waals surface area contributed by atoms with Crippen molar-refractivity contribution in [3.8, 4) is 6.07 Å². The van der Waals surface area contributed by atoms with Gasteiger partial charge in [0.1, 0.15) is 11.4 Å². The van der Waals surface area contributed by atoms with Crippen LogP contribution in [-0.4, -0.2) is 17.4 Å². The van der Waals surface area contributed by atoms with Crippen LogP contribution >= 0.6 is 0 Å². The molecule has 0 radical (unpaired) electrons. The van der Waals surface area contributed by atoms with Crippen molar-refractivity contribution >= 4 is 11.8 Å². The quantitative estimate of drug-likeness (QED) is 0.645. The lowest BCUT2D eigenvalue weighted by Crippen LogP contribution is -2.30. The van der Waals surface area contributed by atoms with Crippen molar-refractivity contribution in [3.63, 3.8) is 0 Å². The van der Waals surface area contributed by atoms with Gasteiger partial charge in [-0.3, -0.25) is 9.59 Å². The van der Waals surface area contributed by atoms with Crippen molar-refractivity contribution in [1.82, 2.24) is 0 Å². The molecule has 0 heterocycles. The fourth-order valence-corrected chi connectivity index (χ4v) is 1.52. The highest BCUT2D eigenvalue weighted by molar-refractivity contribution is 5.95. The van der Waals surface area contributed by atoms with Gasteiger partial charge in [0.25, 0.3) is 0 Å². The summed E-state index contributed by atoms with van der Waals surface area (Å²) in [5, 5.41) is 8.94. The number of Topliss-reactive ketones (excluding diaryl/α,β-unsaturated/α-hetero) is 1. The molecule has 0 aromatic carbocycles. The smallest absolute Gasteiger partial charge is 0.327 e. The summed E-state index contributed by atoms with van der Waals surface area (Å²) >= 11 is 0. The van der Waals surface area contributed by atoms with Gasteiger partial charge in [-0.15, -0.1) is 0 Å². The summed E-state index contributed by atoms with van der Waals surface area (Å²) in [6, 6.07) is 1.91. The average Bonchev–Trinajstić information content (AvgIpc) is 2.76. The van der Waals surface area contributed by atoms with Gasteiger partial charge in [-0.05, 0) is 34.1 Å². The van der Waals surface area contributed by atoms with Gasteiger partial charge in [0, 0.05) is 5.92 Å². The first-order chi connectivity index (χ1) is 6.73. The van der Waals surface area contributed by atoms with Crippen LogP contribution < -0.4 is 0 Å². The number of carbonyl (C=O) groups is 2. The van der Waals surface area contributed by atoms with E-state index in [1.54, 1.807) is 20.8 Å².